The van der Waals surface area contributed by atoms with E-state index in [0.29, 0.717) is 0 Å². The second kappa shape index (κ2) is 27.6. The van der Waals surface area contributed by atoms with Crippen LogP contribution in [-0.2, 0) is 0 Å². The van der Waals surface area contributed by atoms with Crippen LogP contribution in [0.3, 0.4) is 0 Å². The first-order valence-corrected chi connectivity index (χ1v) is 16.7. The molecule has 0 amide bonds. The van der Waals surface area contributed by atoms with Crippen LogP contribution >= 0.6 is 0 Å². The third-order valence-corrected chi connectivity index (χ3v) is 8.59. The van der Waals surface area contributed by atoms with Gasteiger partial charge in [0.25, 0.3) is 0 Å². The summed E-state index contributed by atoms with van der Waals surface area (Å²) in [6.07, 6.45) is 47.3. The van der Waals surface area contributed by atoms with E-state index in [-0.39, 0.29) is 0 Å². The van der Waals surface area contributed by atoms with Gasteiger partial charge in [0, 0.05) is 0 Å². The number of hydrogen-bond acceptors (Lipinski definition) is 0. The monoisotopic (exact) mass is 476 g/mol. The van der Waals surface area contributed by atoms with E-state index < -0.39 is 0 Å². The van der Waals surface area contributed by atoms with Crippen LogP contribution in [0.25, 0.3) is 0 Å². The number of hydrogen-bond donors (Lipinski definition) is 0. The van der Waals surface area contributed by atoms with Crippen molar-refractivity contribution in [1.29, 1.82) is 0 Å². The summed E-state index contributed by atoms with van der Waals surface area (Å²) < 4.78 is 0. The molecule has 0 bridgehead atoms. The zero-order valence-corrected chi connectivity index (χ0v) is 23.9. The fourth-order valence-electron chi connectivity index (χ4n) is 6.15. The van der Waals surface area contributed by atoms with Gasteiger partial charge in [-0.05, 0) is 5.92 Å². The van der Waals surface area contributed by atoms with Gasteiger partial charge in [-0.3, -0.25) is 0 Å². The van der Waals surface area contributed by atoms with Crippen LogP contribution in [0.4, 0.5) is 0 Å². The Balaban J connectivity index is 1.61. The van der Waals surface area contributed by atoms with Crippen LogP contribution in [0.2, 0.25) is 0 Å². The van der Waals surface area contributed by atoms with Gasteiger partial charge in [0.2, 0.25) is 0 Å². The Bertz CT molecular complexity index is 353. The Morgan fingerprint density at radius 1 is 0.324 bits per heavy atom. The Labute approximate surface area is 218 Å². The standard InChI is InChI=1S/C34H67/c1-2-3-4-5-6-7-8-9-10-11-12-13-14-15-16-17-18-19-20-21-22-23-24-25-26-28-31-34-32-29-27-30-33-34/h34H,1-33H2. The summed E-state index contributed by atoms with van der Waals surface area (Å²) in [4.78, 5) is 0. The highest BCUT2D eigenvalue weighted by atomic mass is 14.2. The highest BCUT2D eigenvalue weighted by Gasteiger charge is 2.12. The summed E-state index contributed by atoms with van der Waals surface area (Å²) in [5.74, 6) is 1.10. The van der Waals surface area contributed by atoms with Crippen LogP contribution < -0.4 is 0 Å². The predicted molar refractivity (Wildman–Crippen MR) is 157 cm³/mol. The Kier molecular flexibility index (Phi) is 26.0. The zero-order chi connectivity index (χ0) is 24.2. The molecule has 0 saturated heterocycles. The third-order valence-electron chi connectivity index (χ3n) is 8.59. The fraction of sp³-hybridized carbons (Fsp3) is 0.971. The summed E-state index contributed by atoms with van der Waals surface area (Å²) in [5, 5.41) is 0. The molecule has 1 saturated carbocycles. The molecule has 1 aliphatic rings. The SMILES string of the molecule is [CH2]CCCCCCCCCCCCCCCCCCCCCCCCCCCC1CCCCC1. The van der Waals surface area contributed by atoms with Crippen LogP contribution in [0, 0.1) is 12.8 Å². The first-order chi connectivity index (χ1) is 16.9. The third kappa shape index (κ3) is 23.7. The molecule has 0 N–H and O–H groups in total. The first kappa shape index (κ1) is 32.0. The minimum atomic E-state index is 1.10. The molecule has 0 heteroatoms. The molecule has 1 fully saturated rings. The average molecular weight is 476 g/mol. The molecule has 203 valence electrons. The second-order valence-corrected chi connectivity index (χ2v) is 12.0. The van der Waals surface area contributed by atoms with Crippen molar-refractivity contribution in [3.05, 3.63) is 6.92 Å². The molecule has 0 aromatic heterocycles. The van der Waals surface area contributed by atoms with E-state index >= 15 is 0 Å². The van der Waals surface area contributed by atoms with Crippen LogP contribution in [-0.4, -0.2) is 0 Å². The average Bonchev–Trinajstić information content (AvgIpc) is 2.87. The highest BCUT2D eigenvalue weighted by molar-refractivity contribution is 4.65. The van der Waals surface area contributed by atoms with E-state index in [2.05, 4.69) is 6.92 Å². The lowest BCUT2D eigenvalue weighted by Crippen LogP contribution is -2.05. The van der Waals surface area contributed by atoms with Crippen molar-refractivity contribution in [2.45, 2.75) is 205 Å². The van der Waals surface area contributed by atoms with E-state index in [1.54, 1.807) is 12.8 Å². The Morgan fingerprint density at radius 3 is 0.882 bits per heavy atom. The topological polar surface area (TPSA) is 0 Å². The van der Waals surface area contributed by atoms with E-state index in [0.717, 1.165) is 12.3 Å². The fourth-order valence-corrected chi connectivity index (χ4v) is 6.15. The molecule has 0 heterocycles. The Morgan fingerprint density at radius 2 is 0.588 bits per heavy atom. The normalized spacial score (nSPS) is 14.7. The predicted octanol–water partition coefficient (Wildman–Crippen LogP) is 12.9. The maximum absolute atomic E-state index is 3.92. The lowest BCUT2D eigenvalue weighted by molar-refractivity contribution is 0.328. The molecule has 0 unspecified atom stereocenters. The van der Waals surface area contributed by atoms with Crippen LogP contribution in [0.5, 0.6) is 0 Å². The van der Waals surface area contributed by atoms with E-state index in [1.165, 1.54) is 186 Å². The van der Waals surface area contributed by atoms with Crippen molar-refractivity contribution in [2.75, 3.05) is 0 Å². The maximum Gasteiger partial charge on any atom is -0.0414 e. The molecule has 1 radical (unpaired) electrons. The first-order valence-electron chi connectivity index (χ1n) is 16.7. The molecule has 0 aromatic carbocycles. The van der Waals surface area contributed by atoms with Gasteiger partial charge in [0.15, 0.2) is 0 Å². The summed E-state index contributed by atoms with van der Waals surface area (Å²) in [6, 6.07) is 0. The summed E-state index contributed by atoms with van der Waals surface area (Å²) in [6.45, 7) is 3.92. The molecular formula is C34H67. The van der Waals surface area contributed by atoms with Gasteiger partial charge in [0.05, 0.1) is 0 Å². The summed E-state index contributed by atoms with van der Waals surface area (Å²) >= 11 is 0. The van der Waals surface area contributed by atoms with Crippen molar-refractivity contribution in [1.82, 2.24) is 0 Å². The molecular weight excluding hydrogens is 408 g/mol. The molecule has 1 aliphatic carbocycles. The van der Waals surface area contributed by atoms with Gasteiger partial charge in [-0.2, -0.15) is 0 Å². The van der Waals surface area contributed by atoms with Gasteiger partial charge in [-0.25, -0.2) is 0 Å². The van der Waals surface area contributed by atoms with Crippen molar-refractivity contribution in [3.63, 3.8) is 0 Å². The van der Waals surface area contributed by atoms with Crippen molar-refractivity contribution < 1.29 is 0 Å². The molecule has 0 aliphatic heterocycles. The van der Waals surface area contributed by atoms with Crippen molar-refractivity contribution in [3.8, 4) is 0 Å². The van der Waals surface area contributed by atoms with E-state index in [4.69, 9.17) is 0 Å². The van der Waals surface area contributed by atoms with Gasteiger partial charge < -0.3 is 0 Å². The molecule has 0 spiro atoms. The van der Waals surface area contributed by atoms with Gasteiger partial charge in [0.1, 0.15) is 0 Å². The molecule has 1 rings (SSSR count). The molecule has 34 heavy (non-hydrogen) atoms. The quantitative estimate of drug-likeness (QED) is 0.104. The number of unbranched alkanes of at least 4 members (excludes halogenated alkanes) is 25. The minimum absolute atomic E-state index is 1.10. The molecule has 0 atom stereocenters. The lowest BCUT2D eigenvalue weighted by Gasteiger charge is -2.21. The summed E-state index contributed by atoms with van der Waals surface area (Å²) in [7, 11) is 0. The smallest absolute Gasteiger partial charge is 0.0414 e. The second-order valence-electron chi connectivity index (χ2n) is 12.0. The van der Waals surface area contributed by atoms with Crippen LogP contribution in [0.15, 0.2) is 0 Å². The largest absolute Gasteiger partial charge is 0.0533 e. The zero-order valence-electron chi connectivity index (χ0n) is 23.9. The summed E-state index contributed by atoms with van der Waals surface area (Å²) in [5.41, 5.74) is 0. The lowest BCUT2D eigenvalue weighted by atomic mass is 9.85. The van der Waals surface area contributed by atoms with Crippen molar-refractivity contribution in [2.24, 2.45) is 5.92 Å². The van der Waals surface area contributed by atoms with Gasteiger partial charge >= 0.3 is 0 Å². The van der Waals surface area contributed by atoms with Gasteiger partial charge in [-0.1, -0.05) is 212 Å². The molecule has 0 aromatic rings. The number of rotatable bonds is 27. The van der Waals surface area contributed by atoms with Crippen LogP contribution in [0.1, 0.15) is 205 Å². The van der Waals surface area contributed by atoms with Crippen molar-refractivity contribution >= 4 is 0 Å². The molecule has 0 nitrogen and oxygen atoms in total. The Hall–Kier alpha value is 0. The van der Waals surface area contributed by atoms with E-state index in [1.807, 2.05) is 0 Å². The maximum atomic E-state index is 3.92. The highest BCUT2D eigenvalue weighted by Crippen LogP contribution is 2.28. The van der Waals surface area contributed by atoms with Gasteiger partial charge in [-0.15, -0.1) is 0 Å². The minimum Gasteiger partial charge on any atom is -0.0533 e. The van der Waals surface area contributed by atoms with E-state index in [9.17, 15) is 0 Å².